The van der Waals surface area contributed by atoms with Gasteiger partial charge in [-0.05, 0) is 12.1 Å². The number of nitrogens with zero attached hydrogens (tertiary/aromatic N) is 1. The minimum atomic E-state index is -0.670. The maximum absolute atomic E-state index is 10.8. The smallest absolute Gasteiger partial charge is 0.330 e. The molecule has 0 aromatic heterocycles. The Kier molecular flexibility index (Phi) is 4.12. The Hall–Kier alpha value is -2.82. The lowest BCUT2D eigenvalue weighted by Gasteiger charge is -2.10. The zero-order valence-electron chi connectivity index (χ0n) is 10.2. The molecule has 0 spiro atoms. The Bertz CT molecular complexity index is 567. The van der Waals surface area contributed by atoms with Gasteiger partial charge in [-0.1, -0.05) is 48.5 Å². The van der Waals surface area contributed by atoms with E-state index >= 15 is 0 Å². The number of benzene rings is 2. The van der Waals surface area contributed by atoms with Gasteiger partial charge in [-0.3, -0.25) is 10.9 Å². The van der Waals surface area contributed by atoms with E-state index in [4.69, 9.17) is 5.73 Å². The highest BCUT2D eigenvalue weighted by molar-refractivity contribution is 6.00. The van der Waals surface area contributed by atoms with E-state index in [0.29, 0.717) is 5.84 Å². The third kappa shape index (κ3) is 3.85. The first-order valence-corrected chi connectivity index (χ1v) is 5.76. The number of carbonyl (C=O) groups excluding carboxylic acids is 1. The van der Waals surface area contributed by atoms with Crippen LogP contribution in [0.15, 0.2) is 65.7 Å². The second kappa shape index (κ2) is 6.20. The van der Waals surface area contributed by atoms with Gasteiger partial charge < -0.3 is 5.73 Å². The number of urea groups is 1. The molecule has 5 nitrogen and oxygen atoms in total. The van der Waals surface area contributed by atoms with Gasteiger partial charge in [0.1, 0.15) is 0 Å². The average molecular weight is 254 g/mol. The number of nitrogens with two attached hydrogens (primary N) is 1. The van der Waals surface area contributed by atoms with E-state index < -0.39 is 6.03 Å². The summed E-state index contributed by atoms with van der Waals surface area (Å²) in [6.07, 6.45) is 0. The number of amides is 2. The van der Waals surface area contributed by atoms with Crippen molar-refractivity contribution in [3.63, 3.8) is 0 Å². The number of nitrogens with one attached hydrogen (secondary N) is 2. The van der Waals surface area contributed by atoms with Gasteiger partial charge in [0.2, 0.25) is 0 Å². The van der Waals surface area contributed by atoms with Gasteiger partial charge in [-0.2, -0.15) is 0 Å². The average Bonchev–Trinajstić information content (AvgIpc) is 2.45. The molecule has 4 N–H and O–H groups in total. The van der Waals surface area contributed by atoms with Crippen LogP contribution in [0.3, 0.4) is 0 Å². The first kappa shape index (κ1) is 12.6. The SMILES string of the molecule is NC(=O)NNC(=Nc1ccccc1)c1ccccc1. The molecule has 0 saturated carbocycles. The van der Waals surface area contributed by atoms with E-state index in [1.165, 1.54) is 0 Å². The van der Waals surface area contributed by atoms with Gasteiger partial charge >= 0.3 is 6.03 Å². The second-order valence-electron chi connectivity index (χ2n) is 3.78. The summed E-state index contributed by atoms with van der Waals surface area (Å²) in [7, 11) is 0. The fourth-order valence-corrected chi connectivity index (χ4v) is 1.51. The van der Waals surface area contributed by atoms with E-state index in [9.17, 15) is 4.79 Å². The van der Waals surface area contributed by atoms with Crippen LogP contribution in [0.25, 0.3) is 0 Å². The van der Waals surface area contributed by atoms with Crippen molar-refractivity contribution in [1.29, 1.82) is 0 Å². The fraction of sp³-hybridized carbons (Fsp3) is 0. The maximum Gasteiger partial charge on any atom is 0.330 e. The summed E-state index contributed by atoms with van der Waals surface area (Å²) in [4.78, 5) is 15.2. The first-order chi connectivity index (χ1) is 9.25. The zero-order valence-corrected chi connectivity index (χ0v) is 10.2. The second-order valence-corrected chi connectivity index (χ2v) is 3.78. The van der Waals surface area contributed by atoms with Crippen molar-refractivity contribution in [3.05, 3.63) is 66.2 Å². The number of aliphatic imine (C=N–C) groups is 1. The molecule has 2 aromatic carbocycles. The monoisotopic (exact) mass is 254 g/mol. The molecule has 0 bridgehead atoms. The number of primary amides is 1. The summed E-state index contributed by atoms with van der Waals surface area (Å²) in [5, 5.41) is 0. The Morgan fingerprint density at radius 3 is 2.05 bits per heavy atom. The maximum atomic E-state index is 10.8. The Morgan fingerprint density at radius 1 is 0.895 bits per heavy atom. The first-order valence-electron chi connectivity index (χ1n) is 5.76. The molecular weight excluding hydrogens is 240 g/mol. The number of hydrazine groups is 1. The van der Waals surface area contributed by atoms with Crippen molar-refractivity contribution in [1.82, 2.24) is 10.9 Å². The molecule has 0 aliphatic carbocycles. The zero-order chi connectivity index (χ0) is 13.5. The molecule has 0 aliphatic heterocycles. The molecule has 2 aromatic rings. The lowest BCUT2D eigenvalue weighted by Crippen LogP contribution is -2.44. The molecule has 0 aliphatic rings. The normalized spacial score (nSPS) is 10.8. The van der Waals surface area contributed by atoms with Gasteiger partial charge in [0, 0.05) is 5.56 Å². The standard InChI is InChI=1S/C14H14N4O/c15-14(19)18-17-13(11-7-3-1-4-8-11)16-12-9-5-2-6-10-12/h1-10H,(H,16,17)(H3,15,18,19). The van der Waals surface area contributed by atoms with Crippen LogP contribution in [0.5, 0.6) is 0 Å². The van der Waals surface area contributed by atoms with Crippen LogP contribution in [-0.2, 0) is 0 Å². The molecule has 2 amide bonds. The summed E-state index contributed by atoms with van der Waals surface area (Å²) in [6.45, 7) is 0. The van der Waals surface area contributed by atoms with Crippen molar-refractivity contribution in [3.8, 4) is 0 Å². The van der Waals surface area contributed by atoms with Crippen molar-refractivity contribution >= 4 is 17.6 Å². The van der Waals surface area contributed by atoms with Crippen molar-refractivity contribution < 1.29 is 4.79 Å². The Labute approximate surface area is 111 Å². The minimum absolute atomic E-state index is 0.519. The Morgan fingerprint density at radius 2 is 1.47 bits per heavy atom. The lowest BCUT2D eigenvalue weighted by molar-refractivity contribution is 0.247. The van der Waals surface area contributed by atoms with Gasteiger partial charge in [-0.15, -0.1) is 0 Å². The summed E-state index contributed by atoms with van der Waals surface area (Å²) in [6, 6.07) is 18.2. The summed E-state index contributed by atoms with van der Waals surface area (Å²) >= 11 is 0. The van der Waals surface area contributed by atoms with Crippen LogP contribution in [0, 0.1) is 0 Å². The molecule has 19 heavy (non-hydrogen) atoms. The van der Waals surface area contributed by atoms with Crippen molar-refractivity contribution in [2.75, 3.05) is 0 Å². The molecule has 0 fully saturated rings. The molecule has 0 saturated heterocycles. The molecule has 0 heterocycles. The predicted molar refractivity (Wildman–Crippen MR) is 74.9 cm³/mol. The number of amidine groups is 1. The third-order valence-electron chi connectivity index (χ3n) is 2.35. The quantitative estimate of drug-likeness (QED) is 0.435. The van der Waals surface area contributed by atoms with Crippen LogP contribution in [0.2, 0.25) is 0 Å². The molecule has 0 radical (unpaired) electrons. The van der Waals surface area contributed by atoms with Gasteiger partial charge in [0.05, 0.1) is 5.69 Å². The number of rotatable bonds is 2. The molecule has 0 atom stereocenters. The van der Waals surface area contributed by atoms with E-state index in [1.807, 2.05) is 60.7 Å². The summed E-state index contributed by atoms with van der Waals surface area (Å²) in [5.74, 6) is 0.519. The van der Waals surface area contributed by atoms with Crippen LogP contribution >= 0.6 is 0 Å². The van der Waals surface area contributed by atoms with Gasteiger partial charge in [-0.25, -0.2) is 9.79 Å². The van der Waals surface area contributed by atoms with Gasteiger partial charge in [0.25, 0.3) is 0 Å². The lowest BCUT2D eigenvalue weighted by atomic mass is 10.2. The number of para-hydroxylation sites is 1. The minimum Gasteiger partial charge on any atom is -0.350 e. The van der Waals surface area contributed by atoms with Crippen LogP contribution in [0.4, 0.5) is 10.5 Å². The molecular formula is C14H14N4O. The predicted octanol–water partition coefficient (Wildman–Crippen LogP) is 1.94. The highest BCUT2D eigenvalue weighted by Crippen LogP contribution is 2.12. The van der Waals surface area contributed by atoms with E-state index in [-0.39, 0.29) is 0 Å². The summed E-state index contributed by atoms with van der Waals surface area (Å²) in [5.41, 5.74) is 11.7. The third-order valence-corrected chi connectivity index (χ3v) is 2.35. The van der Waals surface area contributed by atoms with Crippen molar-refractivity contribution in [2.24, 2.45) is 10.7 Å². The molecule has 0 unspecified atom stereocenters. The summed E-state index contributed by atoms with van der Waals surface area (Å²) < 4.78 is 0. The highest BCUT2D eigenvalue weighted by atomic mass is 16.2. The van der Waals surface area contributed by atoms with E-state index in [1.54, 1.807) is 0 Å². The highest BCUT2D eigenvalue weighted by Gasteiger charge is 2.03. The largest absolute Gasteiger partial charge is 0.350 e. The topological polar surface area (TPSA) is 79.5 Å². The van der Waals surface area contributed by atoms with Gasteiger partial charge in [0.15, 0.2) is 5.84 Å². The van der Waals surface area contributed by atoms with Crippen LogP contribution < -0.4 is 16.6 Å². The molecule has 96 valence electrons. The van der Waals surface area contributed by atoms with E-state index in [2.05, 4.69) is 15.8 Å². The van der Waals surface area contributed by atoms with Crippen LogP contribution in [-0.4, -0.2) is 11.9 Å². The van der Waals surface area contributed by atoms with E-state index in [0.717, 1.165) is 11.3 Å². The number of hydrogen-bond acceptors (Lipinski definition) is 2. The number of carbonyl (C=O) groups is 1. The number of hydrogen-bond donors (Lipinski definition) is 3. The molecule has 5 heteroatoms. The fourth-order valence-electron chi connectivity index (χ4n) is 1.51. The molecule has 2 rings (SSSR count). The van der Waals surface area contributed by atoms with Crippen molar-refractivity contribution in [2.45, 2.75) is 0 Å². The van der Waals surface area contributed by atoms with Crippen LogP contribution in [0.1, 0.15) is 5.56 Å². The Balaban J connectivity index is 2.29.